The van der Waals surface area contributed by atoms with Gasteiger partial charge in [0.25, 0.3) is 0 Å². The van der Waals surface area contributed by atoms with Crippen LogP contribution in [0.5, 0.6) is 0 Å². The molecule has 62 heavy (non-hydrogen) atoms. The van der Waals surface area contributed by atoms with Gasteiger partial charge in [0.05, 0.1) is 33.4 Å². The van der Waals surface area contributed by atoms with E-state index >= 15 is 0 Å². The minimum Gasteiger partial charge on any atom is -0.456 e. The first-order chi connectivity index (χ1) is 30.8. The summed E-state index contributed by atoms with van der Waals surface area (Å²) in [6.07, 6.45) is 0. The summed E-state index contributed by atoms with van der Waals surface area (Å²) >= 11 is 0. The average molecular weight is 792 g/mol. The normalized spacial score (nSPS) is 11.9. The maximum atomic E-state index is 6.62. The summed E-state index contributed by atoms with van der Waals surface area (Å²) in [4.78, 5) is 2.47. The Morgan fingerprint density at radius 3 is 1.68 bits per heavy atom. The predicted octanol–water partition coefficient (Wildman–Crippen LogP) is 16.1. The minimum absolute atomic E-state index is 0.851. The van der Waals surface area contributed by atoms with Crippen molar-refractivity contribution in [3.05, 3.63) is 224 Å². The molecule has 4 heteroatoms. The molecule has 3 aromatic heterocycles. The summed E-state index contributed by atoms with van der Waals surface area (Å²) in [6.45, 7) is 0. The van der Waals surface area contributed by atoms with Crippen LogP contribution in [0.2, 0.25) is 0 Å². The molecule has 0 bridgehead atoms. The number of para-hydroxylation sites is 5. The molecule has 0 amide bonds. The number of anilines is 3. The van der Waals surface area contributed by atoms with Crippen LogP contribution in [-0.2, 0) is 0 Å². The van der Waals surface area contributed by atoms with Crippen LogP contribution in [0.3, 0.4) is 0 Å². The van der Waals surface area contributed by atoms with E-state index in [0.717, 1.165) is 78.1 Å². The molecular weight excluding hydrogens is 755 g/mol. The van der Waals surface area contributed by atoms with Gasteiger partial charge < -0.3 is 18.5 Å². The Balaban J connectivity index is 1.14. The summed E-state index contributed by atoms with van der Waals surface area (Å²) in [6, 6.07) is 81.2. The highest BCUT2D eigenvalue weighted by Gasteiger charge is 2.25. The van der Waals surface area contributed by atoms with E-state index in [1.54, 1.807) is 0 Å². The van der Waals surface area contributed by atoms with Crippen LogP contribution < -0.4 is 4.90 Å². The van der Waals surface area contributed by atoms with Gasteiger partial charge in [0.2, 0.25) is 0 Å². The Kier molecular flexibility index (Phi) is 7.57. The highest BCUT2D eigenvalue weighted by atomic mass is 16.3. The second-order valence-corrected chi connectivity index (χ2v) is 16.1. The van der Waals surface area contributed by atoms with Gasteiger partial charge in [-0.05, 0) is 101 Å². The van der Waals surface area contributed by atoms with Gasteiger partial charge in [-0.2, -0.15) is 0 Å². The summed E-state index contributed by atoms with van der Waals surface area (Å²) in [7, 11) is 0. The van der Waals surface area contributed by atoms with E-state index in [2.05, 4.69) is 232 Å². The maximum Gasteiger partial charge on any atom is 0.137 e. The largest absolute Gasteiger partial charge is 0.456 e. The molecular formula is C58H37N3O. The third-order valence-corrected chi connectivity index (χ3v) is 12.7. The number of furan rings is 1. The molecule has 10 aromatic carbocycles. The second-order valence-electron chi connectivity index (χ2n) is 16.1. The molecule has 0 aliphatic rings. The van der Waals surface area contributed by atoms with Gasteiger partial charge >= 0.3 is 0 Å². The number of rotatable bonds is 6. The molecule has 0 atom stereocenters. The summed E-state index contributed by atoms with van der Waals surface area (Å²) in [5.41, 5.74) is 14.1. The van der Waals surface area contributed by atoms with Crippen LogP contribution in [0.25, 0.3) is 98.8 Å². The van der Waals surface area contributed by atoms with Crippen LogP contribution in [0, 0.1) is 0 Å². The van der Waals surface area contributed by atoms with E-state index in [9.17, 15) is 0 Å². The van der Waals surface area contributed by atoms with Crippen molar-refractivity contribution >= 4 is 93.4 Å². The molecule has 13 aromatic rings. The number of fused-ring (bicyclic) bond motifs is 10. The number of aromatic nitrogens is 2. The van der Waals surface area contributed by atoms with E-state index in [1.807, 2.05) is 6.07 Å². The zero-order valence-corrected chi connectivity index (χ0v) is 33.6. The van der Waals surface area contributed by atoms with Gasteiger partial charge in [-0.25, -0.2) is 0 Å². The molecule has 0 aliphatic heterocycles. The summed E-state index contributed by atoms with van der Waals surface area (Å²) in [5, 5.41) is 9.38. The molecule has 0 saturated carbocycles. The fraction of sp³-hybridized carbons (Fsp3) is 0. The lowest BCUT2D eigenvalue weighted by Crippen LogP contribution is -2.12. The lowest BCUT2D eigenvalue weighted by atomic mass is 9.96. The van der Waals surface area contributed by atoms with Gasteiger partial charge in [-0.15, -0.1) is 0 Å². The monoisotopic (exact) mass is 791 g/mol. The average Bonchev–Trinajstić information content (AvgIpc) is 3.99. The molecule has 0 radical (unpaired) electrons. The molecule has 13 rings (SSSR count). The first-order valence-electron chi connectivity index (χ1n) is 21.2. The molecule has 0 N–H and O–H groups in total. The van der Waals surface area contributed by atoms with Crippen molar-refractivity contribution in [1.82, 2.24) is 9.13 Å². The Morgan fingerprint density at radius 1 is 0.339 bits per heavy atom. The van der Waals surface area contributed by atoms with Crippen LogP contribution in [0.15, 0.2) is 229 Å². The molecule has 3 heterocycles. The fourth-order valence-corrected chi connectivity index (χ4v) is 9.94. The number of hydrogen-bond donors (Lipinski definition) is 0. The number of nitrogens with zero attached hydrogens (tertiary/aromatic N) is 3. The van der Waals surface area contributed by atoms with Gasteiger partial charge in [0.1, 0.15) is 11.2 Å². The van der Waals surface area contributed by atoms with Crippen molar-refractivity contribution in [3.8, 4) is 22.5 Å². The van der Waals surface area contributed by atoms with Gasteiger partial charge in [0.15, 0.2) is 0 Å². The third kappa shape index (κ3) is 5.20. The van der Waals surface area contributed by atoms with Gasteiger partial charge in [0, 0.05) is 61.0 Å². The van der Waals surface area contributed by atoms with Crippen LogP contribution in [0.1, 0.15) is 0 Å². The van der Waals surface area contributed by atoms with E-state index < -0.39 is 0 Å². The topological polar surface area (TPSA) is 26.2 Å². The van der Waals surface area contributed by atoms with Crippen molar-refractivity contribution in [2.24, 2.45) is 0 Å². The van der Waals surface area contributed by atoms with Crippen molar-refractivity contribution in [3.63, 3.8) is 0 Å². The van der Waals surface area contributed by atoms with Crippen molar-refractivity contribution in [2.45, 2.75) is 0 Å². The quantitative estimate of drug-likeness (QED) is 0.168. The first kappa shape index (κ1) is 34.5. The number of benzene rings is 10. The first-order valence-corrected chi connectivity index (χ1v) is 21.2. The smallest absolute Gasteiger partial charge is 0.137 e. The molecule has 4 nitrogen and oxygen atoms in total. The fourth-order valence-electron chi connectivity index (χ4n) is 9.94. The van der Waals surface area contributed by atoms with E-state index in [-0.39, 0.29) is 0 Å². The van der Waals surface area contributed by atoms with E-state index in [4.69, 9.17) is 4.42 Å². The molecule has 290 valence electrons. The van der Waals surface area contributed by atoms with Crippen molar-refractivity contribution in [1.29, 1.82) is 0 Å². The second kappa shape index (κ2) is 13.6. The lowest BCUT2D eigenvalue weighted by molar-refractivity contribution is 0.669. The molecule has 0 unspecified atom stereocenters. The number of hydrogen-bond acceptors (Lipinski definition) is 2. The maximum absolute atomic E-state index is 6.62. The van der Waals surface area contributed by atoms with Gasteiger partial charge in [-0.1, -0.05) is 133 Å². The molecule has 0 aliphatic carbocycles. The van der Waals surface area contributed by atoms with E-state index in [0.29, 0.717) is 0 Å². The summed E-state index contributed by atoms with van der Waals surface area (Å²) < 4.78 is 11.4. The lowest BCUT2D eigenvalue weighted by Gasteiger charge is -2.29. The van der Waals surface area contributed by atoms with Crippen molar-refractivity contribution in [2.75, 3.05) is 4.90 Å². The zero-order chi connectivity index (χ0) is 40.7. The van der Waals surface area contributed by atoms with Crippen LogP contribution >= 0.6 is 0 Å². The third-order valence-electron chi connectivity index (χ3n) is 12.7. The molecule has 0 fully saturated rings. The Bertz CT molecular complexity index is 3870. The van der Waals surface area contributed by atoms with Gasteiger partial charge in [-0.3, -0.25) is 0 Å². The zero-order valence-electron chi connectivity index (χ0n) is 33.6. The standard InChI is InChI=1S/C58H37N3O/c1-3-18-41(19-4-1)59-51-26-13-10-24-48(51)58-52(59)27-15-28-53(58)61(43-31-33-47-46-23-11-14-29-56(46)62-57(47)37-43)55-35-39-17-8-7-16-38(39)34-49(55)40-30-32-45-44-22-9-12-25-50(44)60(54(45)36-40)42-20-5-2-6-21-42/h1-37H. The predicted molar refractivity (Wildman–Crippen MR) is 260 cm³/mol. The molecule has 0 spiro atoms. The summed E-state index contributed by atoms with van der Waals surface area (Å²) in [5.74, 6) is 0. The Hall–Kier alpha value is -8.34. The Morgan fingerprint density at radius 2 is 0.903 bits per heavy atom. The van der Waals surface area contributed by atoms with Crippen LogP contribution in [-0.4, -0.2) is 9.13 Å². The highest BCUT2D eigenvalue weighted by molar-refractivity contribution is 6.18. The Labute approximate surface area is 357 Å². The van der Waals surface area contributed by atoms with Crippen molar-refractivity contribution < 1.29 is 4.42 Å². The van der Waals surface area contributed by atoms with E-state index in [1.165, 1.54) is 37.8 Å². The minimum atomic E-state index is 0.851. The molecule has 0 saturated heterocycles. The van der Waals surface area contributed by atoms with Crippen LogP contribution in [0.4, 0.5) is 17.1 Å². The highest BCUT2D eigenvalue weighted by Crippen LogP contribution is 2.49. The SMILES string of the molecule is c1ccc(-n2c3ccccc3c3ccc(-c4cc5ccccc5cc4N(c4ccc5c(c4)oc4ccccc45)c4cccc5c4c4ccccc4n5-c4ccccc4)cc32)cc1.